The van der Waals surface area contributed by atoms with E-state index >= 15 is 0 Å². The number of hydrogen-bond donors (Lipinski definition) is 0. The van der Waals surface area contributed by atoms with Crippen LogP contribution in [-0.4, -0.2) is 0 Å². The lowest BCUT2D eigenvalue weighted by Gasteiger charge is -2.11. The first-order chi connectivity index (χ1) is 14.7. The van der Waals surface area contributed by atoms with Crippen LogP contribution in [0.15, 0.2) is 0 Å². The third kappa shape index (κ3) is 26.0. The number of rotatable bonds is 25. The van der Waals surface area contributed by atoms with Crippen LogP contribution in [0.3, 0.4) is 0 Å². The highest BCUT2D eigenvalue weighted by atomic mass is 14.1. The van der Waals surface area contributed by atoms with E-state index in [9.17, 15) is 0 Å². The van der Waals surface area contributed by atoms with E-state index in [4.69, 9.17) is 0 Å². The van der Waals surface area contributed by atoms with E-state index in [1.807, 2.05) is 0 Å². The van der Waals surface area contributed by atoms with E-state index in [-0.39, 0.29) is 0 Å². The average molecular weight is 423 g/mol. The summed E-state index contributed by atoms with van der Waals surface area (Å²) >= 11 is 0. The van der Waals surface area contributed by atoms with Crippen molar-refractivity contribution in [1.29, 1.82) is 0 Å². The maximum atomic E-state index is 2.50. The van der Waals surface area contributed by atoms with Gasteiger partial charge in [-0.25, -0.2) is 0 Å². The van der Waals surface area contributed by atoms with Crippen molar-refractivity contribution in [2.45, 2.75) is 182 Å². The van der Waals surface area contributed by atoms with Crippen molar-refractivity contribution < 1.29 is 0 Å². The molecule has 0 bridgehead atoms. The summed E-state index contributed by atoms with van der Waals surface area (Å²) < 4.78 is 0. The van der Waals surface area contributed by atoms with Crippen LogP contribution in [0, 0.1) is 11.8 Å². The molecule has 0 rings (SSSR count). The lowest BCUT2D eigenvalue weighted by Crippen LogP contribution is -1.95. The van der Waals surface area contributed by atoms with Gasteiger partial charge in [0.15, 0.2) is 0 Å². The SMILES string of the molecule is CCCCCCCCCCCCCCC(C)CCCCCCCCCCCC(C)C. The summed E-state index contributed by atoms with van der Waals surface area (Å²) in [6.45, 7) is 9.49. The molecule has 0 N–H and O–H groups in total. The van der Waals surface area contributed by atoms with Gasteiger partial charge in [-0.3, -0.25) is 0 Å². The first kappa shape index (κ1) is 30.0. The van der Waals surface area contributed by atoms with Crippen molar-refractivity contribution >= 4 is 0 Å². The Bertz CT molecular complexity index is 292. The summed E-state index contributed by atoms with van der Waals surface area (Å²) in [6.07, 6.45) is 35.3. The molecule has 0 saturated heterocycles. The summed E-state index contributed by atoms with van der Waals surface area (Å²) in [6, 6.07) is 0. The summed E-state index contributed by atoms with van der Waals surface area (Å²) in [7, 11) is 0. The normalized spacial score (nSPS) is 12.7. The fourth-order valence-corrected chi connectivity index (χ4v) is 4.76. The van der Waals surface area contributed by atoms with E-state index in [1.165, 1.54) is 154 Å². The zero-order chi connectivity index (χ0) is 22.1. The molecule has 0 heteroatoms. The minimum Gasteiger partial charge on any atom is -0.0654 e. The Morgan fingerprint density at radius 3 is 0.900 bits per heavy atom. The molecule has 1 atom stereocenters. The van der Waals surface area contributed by atoms with E-state index in [0.29, 0.717) is 0 Å². The van der Waals surface area contributed by atoms with Gasteiger partial charge < -0.3 is 0 Å². The van der Waals surface area contributed by atoms with Crippen LogP contribution in [0.1, 0.15) is 182 Å². The molecule has 0 aliphatic carbocycles. The van der Waals surface area contributed by atoms with Gasteiger partial charge in [0.1, 0.15) is 0 Å². The largest absolute Gasteiger partial charge is 0.0654 e. The zero-order valence-electron chi connectivity index (χ0n) is 22.1. The monoisotopic (exact) mass is 422 g/mol. The molecule has 0 aromatic heterocycles. The fourth-order valence-electron chi connectivity index (χ4n) is 4.76. The maximum absolute atomic E-state index is 2.50. The van der Waals surface area contributed by atoms with Gasteiger partial charge in [-0.1, -0.05) is 182 Å². The zero-order valence-corrected chi connectivity index (χ0v) is 22.1. The van der Waals surface area contributed by atoms with Gasteiger partial charge in [-0.15, -0.1) is 0 Å². The van der Waals surface area contributed by atoms with Crippen LogP contribution in [0.5, 0.6) is 0 Å². The molecule has 0 radical (unpaired) electrons. The quantitative estimate of drug-likeness (QED) is 0.128. The van der Waals surface area contributed by atoms with Crippen molar-refractivity contribution in [1.82, 2.24) is 0 Å². The van der Waals surface area contributed by atoms with Gasteiger partial charge in [-0.05, 0) is 11.8 Å². The van der Waals surface area contributed by atoms with E-state index in [1.54, 1.807) is 0 Å². The van der Waals surface area contributed by atoms with Crippen LogP contribution >= 0.6 is 0 Å². The molecule has 0 nitrogen and oxygen atoms in total. The molecule has 0 fully saturated rings. The summed E-state index contributed by atoms with van der Waals surface area (Å²) in [5, 5.41) is 0. The molecule has 182 valence electrons. The average Bonchev–Trinajstić information content (AvgIpc) is 2.72. The second-order valence-corrected chi connectivity index (χ2v) is 10.9. The highest BCUT2D eigenvalue weighted by Gasteiger charge is 2.02. The first-order valence-corrected chi connectivity index (χ1v) is 14.7. The van der Waals surface area contributed by atoms with E-state index in [0.717, 1.165) is 11.8 Å². The Balaban J connectivity index is 3.14. The molecule has 0 amide bonds. The van der Waals surface area contributed by atoms with Gasteiger partial charge in [0.05, 0.1) is 0 Å². The summed E-state index contributed by atoms with van der Waals surface area (Å²) in [4.78, 5) is 0. The third-order valence-corrected chi connectivity index (χ3v) is 7.03. The second-order valence-electron chi connectivity index (χ2n) is 10.9. The van der Waals surface area contributed by atoms with Gasteiger partial charge in [0, 0.05) is 0 Å². The number of hydrogen-bond acceptors (Lipinski definition) is 0. The lowest BCUT2D eigenvalue weighted by molar-refractivity contribution is 0.429. The molecule has 0 saturated carbocycles. The molecule has 30 heavy (non-hydrogen) atoms. The molecule has 0 aromatic carbocycles. The smallest absolute Gasteiger partial charge is 0.0443 e. The van der Waals surface area contributed by atoms with Crippen LogP contribution < -0.4 is 0 Å². The Hall–Kier alpha value is 0. The molecule has 0 heterocycles. The van der Waals surface area contributed by atoms with E-state index < -0.39 is 0 Å². The highest BCUT2D eigenvalue weighted by molar-refractivity contribution is 4.56. The van der Waals surface area contributed by atoms with Crippen molar-refractivity contribution in [2.75, 3.05) is 0 Å². The molecule has 1 unspecified atom stereocenters. The second kappa shape index (κ2) is 25.3. The van der Waals surface area contributed by atoms with Crippen LogP contribution in [0.2, 0.25) is 0 Å². The van der Waals surface area contributed by atoms with Gasteiger partial charge in [-0.2, -0.15) is 0 Å². The molecule has 0 aromatic rings. The Morgan fingerprint density at radius 2 is 0.600 bits per heavy atom. The van der Waals surface area contributed by atoms with Gasteiger partial charge in [0.25, 0.3) is 0 Å². The van der Waals surface area contributed by atoms with Crippen molar-refractivity contribution in [3.05, 3.63) is 0 Å². The summed E-state index contributed by atoms with van der Waals surface area (Å²) in [5.41, 5.74) is 0. The van der Waals surface area contributed by atoms with Crippen molar-refractivity contribution in [2.24, 2.45) is 11.8 Å². The van der Waals surface area contributed by atoms with E-state index in [2.05, 4.69) is 27.7 Å². The van der Waals surface area contributed by atoms with Crippen molar-refractivity contribution in [3.63, 3.8) is 0 Å². The molecule has 0 aliphatic heterocycles. The molecule has 0 aliphatic rings. The van der Waals surface area contributed by atoms with Gasteiger partial charge >= 0.3 is 0 Å². The maximum Gasteiger partial charge on any atom is -0.0443 e. The summed E-state index contributed by atoms with van der Waals surface area (Å²) in [5.74, 6) is 1.86. The predicted octanol–water partition coefficient (Wildman–Crippen LogP) is 11.7. The Labute approximate surface area is 193 Å². The standard InChI is InChI=1S/C30H62/c1-5-6-7-8-9-10-11-12-15-18-21-24-27-30(4)28-25-22-19-16-13-14-17-20-23-26-29(2)3/h29-30H,5-28H2,1-4H3. The highest BCUT2D eigenvalue weighted by Crippen LogP contribution is 2.19. The lowest BCUT2D eigenvalue weighted by atomic mass is 9.95. The minimum absolute atomic E-state index is 0.895. The van der Waals surface area contributed by atoms with Gasteiger partial charge in [0.2, 0.25) is 0 Å². The molecular formula is C30H62. The van der Waals surface area contributed by atoms with Crippen LogP contribution in [0.25, 0.3) is 0 Å². The molecule has 0 spiro atoms. The molecular weight excluding hydrogens is 360 g/mol. The Kier molecular flexibility index (Phi) is 25.3. The Morgan fingerprint density at radius 1 is 0.333 bits per heavy atom. The van der Waals surface area contributed by atoms with Crippen molar-refractivity contribution in [3.8, 4) is 0 Å². The fraction of sp³-hybridized carbons (Fsp3) is 1.00. The third-order valence-electron chi connectivity index (χ3n) is 7.03. The number of unbranched alkanes of at least 4 members (excludes halogenated alkanes) is 19. The van der Waals surface area contributed by atoms with Crippen LogP contribution in [0.4, 0.5) is 0 Å². The van der Waals surface area contributed by atoms with Crippen LogP contribution in [-0.2, 0) is 0 Å². The predicted molar refractivity (Wildman–Crippen MR) is 140 cm³/mol. The minimum atomic E-state index is 0.895. The first-order valence-electron chi connectivity index (χ1n) is 14.7. The topological polar surface area (TPSA) is 0 Å².